The zero-order valence-corrected chi connectivity index (χ0v) is 12.4. The van der Waals surface area contributed by atoms with Crippen molar-refractivity contribution in [3.63, 3.8) is 0 Å². The molecular weight excluding hydrogens is 278 g/mol. The van der Waals surface area contributed by atoms with Gasteiger partial charge in [-0.25, -0.2) is 9.59 Å². The maximum Gasteiger partial charge on any atom is 0.328 e. The van der Waals surface area contributed by atoms with E-state index in [1.165, 1.54) is 7.11 Å². The number of piperidine rings is 1. The van der Waals surface area contributed by atoms with Crippen molar-refractivity contribution in [2.45, 2.75) is 38.3 Å². The predicted molar refractivity (Wildman–Crippen MR) is 74.9 cm³/mol. The molecule has 0 aromatic carbocycles. The van der Waals surface area contributed by atoms with Crippen molar-refractivity contribution in [2.75, 3.05) is 26.8 Å². The average Bonchev–Trinajstić information content (AvgIpc) is 2.46. The molecule has 0 aliphatic carbocycles. The number of nitrogens with zero attached hydrogens (tertiary/aromatic N) is 1. The second-order valence-corrected chi connectivity index (χ2v) is 5.07. The minimum Gasteiger partial charge on any atom is -0.480 e. The molecule has 8 heteroatoms. The van der Waals surface area contributed by atoms with Crippen LogP contribution in [0.4, 0.5) is 4.79 Å². The van der Waals surface area contributed by atoms with Crippen LogP contribution in [-0.2, 0) is 14.3 Å². The molecule has 1 aliphatic rings. The number of carboxylic acid groups (broad SMARTS) is 1. The van der Waals surface area contributed by atoms with E-state index in [9.17, 15) is 14.4 Å². The number of hydrogen-bond donors (Lipinski definition) is 3. The Bertz CT molecular complexity index is 382. The molecule has 120 valence electrons. The highest BCUT2D eigenvalue weighted by Crippen LogP contribution is 2.09. The van der Waals surface area contributed by atoms with E-state index in [0.717, 1.165) is 19.3 Å². The second kappa shape index (κ2) is 8.46. The molecule has 1 fully saturated rings. The van der Waals surface area contributed by atoms with E-state index in [0.29, 0.717) is 13.1 Å². The molecular formula is C13H23N3O5. The SMILES string of the molecule is COCC(NC(=O)NC(C)C(=O)N1CCCCC1)C(=O)O. The van der Waals surface area contributed by atoms with Crippen LogP contribution in [0.15, 0.2) is 0 Å². The summed E-state index contributed by atoms with van der Waals surface area (Å²) in [5.41, 5.74) is 0. The average molecular weight is 301 g/mol. The quantitative estimate of drug-likeness (QED) is 0.629. The molecule has 0 aromatic heterocycles. The Morgan fingerprint density at radius 1 is 1.19 bits per heavy atom. The van der Waals surface area contributed by atoms with Gasteiger partial charge in [-0.1, -0.05) is 0 Å². The van der Waals surface area contributed by atoms with Crippen LogP contribution in [-0.4, -0.2) is 66.8 Å². The van der Waals surface area contributed by atoms with Gasteiger partial charge in [0.2, 0.25) is 5.91 Å². The molecule has 0 bridgehead atoms. The molecule has 1 saturated heterocycles. The number of amides is 3. The normalized spacial score (nSPS) is 17.7. The zero-order chi connectivity index (χ0) is 15.8. The Hall–Kier alpha value is -1.83. The molecule has 8 nitrogen and oxygen atoms in total. The number of carbonyl (C=O) groups excluding carboxylic acids is 2. The fourth-order valence-electron chi connectivity index (χ4n) is 2.19. The molecule has 3 N–H and O–H groups in total. The number of rotatable bonds is 6. The van der Waals surface area contributed by atoms with Crippen molar-refractivity contribution in [2.24, 2.45) is 0 Å². The van der Waals surface area contributed by atoms with Crippen LogP contribution in [0.25, 0.3) is 0 Å². The van der Waals surface area contributed by atoms with Crippen LogP contribution in [0.3, 0.4) is 0 Å². The maximum absolute atomic E-state index is 12.1. The topological polar surface area (TPSA) is 108 Å². The first-order valence-electron chi connectivity index (χ1n) is 7.03. The molecule has 0 aromatic rings. The third kappa shape index (κ3) is 5.58. The number of carboxylic acids is 1. The van der Waals surface area contributed by atoms with Gasteiger partial charge in [0.1, 0.15) is 6.04 Å². The van der Waals surface area contributed by atoms with Crippen LogP contribution < -0.4 is 10.6 Å². The Kier molecular flexibility index (Phi) is 6.93. The highest BCUT2D eigenvalue weighted by Gasteiger charge is 2.25. The molecule has 1 heterocycles. The van der Waals surface area contributed by atoms with E-state index in [-0.39, 0.29) is 12.5 Å². The third-order valence-corrected chi connectivity index (χ3v) is 3.32. The minimum absolute atomic E-state index is 0.142. The molecule has 1 aliphatic heterocycles. The lowest BCUT2D eigenvalue weighted by Crippen LogP contribution is -2.54. The molecule has 0 spiro atoms. The number of urea groups is 1. The predicted octanol–water partition coefficient (Wildman–Crippen LogP) is -0.214. The van der Waals surface area contributed by atoms with Gasteiger partial charge in [0, 0.05) is 20.2 Å². The van der Waals surface area contributed by atoms with E-state index >= 15 is 0 Å². The first-order chi connectivity index (χ1) is 9.95. The summed E-state index contributed by atoms with van der Waals surface area (Å²) in [7, 11) is 1.35. The van der Waals surface area contributed by atoms with Gasteiger partial charge in [0.25, 0.3) is 0 Å². The van der Waals surface area contributed by atoms with Crippen molar-refractivity contribution in [1.29, 1.82) is 0 Å². The van der Waals surface area contributed by atoms with Crippen LogP contribution >= 0.6 is 0 Å². The van der Waals surface area contributed by atoms with Crippen molar-refractivity contribution in [3.8, 4) is 0 Å². The number of methoxy groups -OCH3 is 1. The summed E-state index contributed by atoms with van der Waals surface area (Å²) >= 11 is 0. The summed E-state index contributed by atoms with van der Waals surface area (Å²) in [4.78, 5) is 36.5. The fourth-order valence-corrected chi connectivity index (χ4v) is 2.19. The second-order valence-electron chi connectivity index (χ2n) is 5.07. The Morgan fingerprint density at radius 2 is 1.81 bits per heavy atom. The summed E-state index contributed by atoms with van der Waals surface area (Å²) in [6, 6.07) is -2.54. The van der Waals surface area contributed by atoms with Gasteiger partial charge in [-0.2, -0.15) is 0 Å². The Labute approximate surface area is 123 Å². The van der Waals surface area contributed by atoms with Gasteiger partial charge in [-0.15, -0.1) is 0 Å². The van der Waals surface area contributed by atoms with Crippen LogP contribution in [0.2, 0.25) is 0 Å². The Balaban J connectivity index is 2.45. The van der Waals surface area contributed by atoms with E-state index in [2.05, 4.69) is 10.6 Å². The smallest absolute Gasteiger partial charge is 0.328 e. The largest absolute Gasteiger partial charge is 0.480 e. The lowest BCUT2D eigenvalue weighted by Gasteiger charge is -2.29. The van der Waals surface area contributed by atoms with Crippen molar-refractivity contribution < 1.29 is 24.2 Å². The summed E-state index contributed by atoms with van der Waals surface area (Å²) in [6.45, 7) is 2.85. The highest BCUT2D eigenvalue weighted by atomic mass is 16.5. The number of aliphatic carboxylic acids is 1. The van der Waals surface area contributed by atoms with Gasteiger partial charge in [0.05, 0.1) is 6.61 Å². The summed E-state index contributed by atoms with van der Waals surface area (Å²) < 4.78 is 4.72. The lowest BCUT2D eigenvalue weighted by molar-refractivity contribution is -0.140. The zero-order valence-electron chi connectivity index (χ0n) is 12.4. The molecule has 1 rings (SSSR count). The molecule has 2 unspecified atom stereocenters. The first kappa shape index (κ1) is 17.2. The van der Waals surface area contributed by atoms with Gasteiger partial charge in [-0.05, 0) is 26.2 Å². The van der Waals surface area contributed by atoms with E-state index < -0.39 is 24.1 Å². The standard InChI is InChI=1S/C13H23N3O5/c1-9(11(17)16-6-4-3-5-7-16)14-13(20)15-10(8-21-2)12(18)19/h9-10H,3-8H2,1-2H3,(H,18,19)(H2,14,15,20). The van der Waals surface area contributed by atoms with Crippen molar-refractivity contribution >= 4 is 17.9 Å². The van der Waals surface area contributed by atoms with Crippen molar-refractivity contribution in [3.05, 3.63) is 0 Å². The van der Waals surface area contributed by atoms with Gasteiger partial charge in [0.15, 0.2) is 6.04 Å². The van der Waals surface area contributed by atoms with E-state index in [4.69, 9.17) is 9.84 Å². The minimum atomic E-state index is -1.19. The summed E-state index contributed by atoms with van der Waals surface area (Å²) in [6.07, 6.45) is 3.06. The summed E-state index contributed by atoms with van der Waals surface area (Å²) in [5.74, 6) is -1.34. The number of carbonyl (C=O) groups is 3. The Morgan fingerprint density at radius 3 is 2.33 bits per heavy atom. The van der Waals surface area contributed by atoms with Gasteiger partial charge < -0.3 is 25.4 Å². The van der Waals surface area contributed by atoms with Gasteiger partial charge >= 0.3 is 12.0 Å². The van der Waals surface area contributed by atoms with Crippen LogP contribution in [0.1, 0.15) is 26.2 Å². The number of hydrogen-bond acceptors (Lipinski definition) is 4. The molecule has 0 radical (unpaired) electrons. The lowest BCUT2D eigenvalue weighted by atomic mass is 10.1. The van der Waals surface area contributed by atoms with E-state index in [1.807, 2.05) is 0 Å². The van der Waals surface area contributed by atoms with Crippen molar-refractivity contribution in [1.82, 2.24) is 15.5 Å². The highest BCUT2D eigenvalue weighted by molar-refractivity contribution is 5.88. The van der Waals surface area contributed by atoms with Gasteiger partial charge in [-0.3, -0.25) is 4.79 Å². The number of likely N-dealkylation sites (tertiary alicyclic amines) is 1. The molecule has 21 heavy (non-hydrogen) atoms. The summed E-state index contributed by atoms with van der Waals surface area (Å²) in [5, 5.41) is 13.6. The third-order valence-electron chi connectivity index (χ3n) is 3.32. The van der Waals surface area contributed by atoms with E-state index in [1.54, 1.807) is 11.8 Å². The maximum atomic E-state index is 12.1. The number of nitrogens with one attached hydrogen (secondary N) is 2. The number of ether oxygens (including phenoxy) is 1. The van der Waals surface area contributed by atoms with Crippen LogP contribution in [0, 0.1) is 0 Å². The molecule has 0 saturated carbocycles. The molecule has 3 amide bonds. The fraction of sp³-hybridized carbons (Fsp3) is 0.769. The first-order valence-corrected chi connectivity index (χ1v) is 7.03. The molecule has 2 atom stereocenters. The monoisotopic (exact) mass is 301 g/mol. The van der Waals surface area contributed by atoms with Crippen LogP contribution in [0.5, 0.6) is 0 Å².